The van der Waals surface area contributed by atoms with Gasteiger partial charge in [0.15, 0.2) is 11.7 Å². The second-order valence-electron chi connectivity index (χ2n) is 2.68. The maximum absolute atomic E-state index is 4.32. The van der Waals surface area contributed by atoms with Crippen molar-refractivity contribution in [3.63, 3.8) is 0 Å². The topological polar surface area (TPSA) is 16.8 Å². The van der Waals surface area contributed by atoms with Crippen molar-refractivity contribution >= 4 is 23.7 Å². The van der Waals surface area contributed by atoms with Gasteiger partial charge in [-0.05, 0) is 12.1 Å². The Morgan fingerprint density at radius 1 is 0.944 bits per heavy atom. The van der Waals surface area contributed by atoms with Crippen LogP contribution in [0.2, 0.25) is 0 Å². The smallest absolute Gasteiger partial charge is 0.165 e. The Morgan fingerprint density at radius 2 is 1.44 bits per heavy atom. The van der Waals surface area contributed by atoms with Crippen LogP contribution in [0.15, 0.2) is 30.5 Å². The molecule has 0 fully saturated rings. The highest BCUT2D eigenvalue weighted by molar-refractivity contribution is 7.73. The number of para-hydroxylation sites is 1. The summed E-state index contributed by atoms with van der Waals surface area (Å²) in [5.41, 5.74) is 1.09. The van der Waals surface area contributed by atoms with Crippen LogP contribution in [0.5, 0.6) is 0 Å². The van der Waals surface area contributed by atoms with Crippen molar-refractivity contribution in [1.29, 1.82) is 0 Å². The lowest BCUT2D eigenvalue weighted by atomic mass is 10.2. The molecule has 0 aliphatic carbocycles. The van der Waals surface area contributed by atoms with E-state index in [-0.39, 0.29) is 0 Å². The molecule has 0 unspecified atom stereocenters. The summed E-state index contributed by atoms with van der Waals surface area (Å²) in [6.45, 7) is 13.9. The van der Waals surface area contributed by atoms with E-state index in [1.807, 2.05) is 78.9 Å². The second-order valence-corrected chi connectivity index (χ2v) is 3.08. The molecule has 0 saturated carbocycles. The van der Waals surface area contributed by atoms with Crippen LogP contribution in [-0.4, -0.2) is 4.98 Å². The second kappa shape index (κ2) is 12.4. The van der Waals surface area contributed by atoms with Crippen molar-refractivity contribution in [2.45, 2.75) is 48.5 Å². The Hall–Kier alpha value is -1.09. The molecule has 0 aliphatic rings. The van der Waals surface area contributed by atoms with Crippen molar-refractivity contribution in [2.24, 2.45) is 0 Å². The molecule has 0 amide bonds. The normalized spacial score (nSPS) is 8.00. The average Bonchev–Trinajstić information content (AvgIpc) is 2.49. The molecule has 3 heteroatoms. The fourth-order valence-electron chi connectivity index (χ4n) is 1.18. The van der Waals surface area contributed by atoms with Gasteiger partial charge in [0.2, 0.25) is 0 Å². The number of hydrogen-bond acceptors (Lipinski definition) is 2. The van der Waals surface area contributed by atoms with Gasteiger partial charge in [0, 0.05) is 19.7 Å². The van der Waals surface area contributed by atoms with Gasteiger partial charge in [-0.1, -0.05) is 58.7 Å². The van der Waals surface area contributed by atoms with Gasteiger partial charge in [-0.15, -0.1) is 0 Å². The molecule has 1 heterocycles. The first-order chi connectivity index (χ1) is 8.79. The Morgan fingerprint density at radius 3 is 2.00 bits per heavy atom. The lowest BCUT2D eigenvalue weighted by Crippen LogP contribution is -2.27. The van der Waals surface area contributed by atoms with Gasteiger partial charge < -0.3 is 0 Å². The number of fused-ring (bicyclic) bond motifs is 1. The molecule has 18 heavy (non-hydrogen) atoms. The third kappa shape index (κ3) is 5.50. The fourth-order valence-corrected chi connectivity index (χ4v) is 1.42. The van der Waals surface area contributed by atoms with E-state index >= 15 is 0 Å². The van der Waals surface area contributed by atoms with E-state index in [9.17, 15) is 0 Å². The zero-order valence-electron chi connectivity index (χ0n) is 12.7. The molecule has 2 nitrogen and oxygen atoms in total. The minimum Gasteiger partial charge on any atom is -0.165 e. The predicted octanol–water partition coefficient (Wildman–Crippen LogP) is 4.60. The summed E-state index contributed by atoms with van der Waals surface area (Å²) in [4.78, 5) is 4.19. The van der Waals surface area contributed by atoms with Gasteiger partial charge in [-0.3, -0.25) is 0 Å². The lowest BCUT2D eigenvalue weighted by molar-refractivity contribution is -0.471. The fraction of sp³-hybridized carbons (Fsp3) is 0.467. The zero-order chi connectivity index (χ0) is 14.6. The molecule has 1 aromatic heterocycles. The van der Waals surface area contributed by atoms with Crippen LogP contribution in [-0.2, 0) is 0 Å². The SMILES string of the molecule is CC.CC.CC.Cc1ncc2ccccc2[n+]1S. The van der Waals surface area contributed by atoms with Crippen molar-refractivity contribution in [3.8, 4) is 0 Å². The summed E-state index contributed by atoms with van der Waals surface area (Å²) >= 11 is 4.32. The standard InChI is InChI=1S/C9H9N2S.3C2H6/c1-7-10-6-8-4-2-3-5-9(8)11(7)12;3*1-2/h2-6,12H,1H3;3*1-2H3/q+1;;;. The number of benzene rings is 1. The number of rotatable bonds is 0. The van der Waals surface area contributed by atoms with Gasteiger partial charge in [0.05, 0.1) is 5.39 Å². The van der Waals surface area contributed by atoms with Crippen LogP contribution >= 0.6 is 12.8 Å². The summed E-state index contributed by atoms with van der Waals surface area (Å²) in [6.07, 6.45) is 1.86. The van der Waals surface area contributed by atoms with Crippen LogP contribution in [0.3, 0.4) is 0 Å². The number of thiol groups is 1. The largest absolute Gasteiger partial charge is 0.307 e. The minimum atomic E-state index is 0.900. The minimum absolute atomic E-state index is 0.900. The first kappa shape index (κ1) is 19.3. The summed E-state index contributed by atoms with van der Waals surface area (Å²) in [5, 5.41) is 1.11. The van der Waals surface area contributed by atoms with Crippen molar-refractivity contribution in [1.82, 2.24) is 4.98 Å². The van der Waals surface area contributed by atoms with Gasteiger partial charge in [-0.2, -0.15) is 3.97 Å². The van der Waals surface area contributed by atoms with Gasteiger partial charge in [0.25, 0.3) is 0 Å². The maximum atomic E-state index is 4.32. The predicted molar refractivity (Wildman–Crippen MR) is 85.1 cm³/mol. The molecule has 0 atom stereocenters. The quantitative estimate of drug-likeness (QED) is 0.545. The summed E-state index contributed by atoms with van der Waals surface area (Å²) in [7, 11) is 0. The molecule has 0 saturated heterocycles. The molecule has 0 N–H and O–H groups in total. The molecular formula is C15H27N2S+. The van der Waals surface area contributed by atoms with Crippen LogP contribution in [0.25, 0.3) is 10.9 Å². The third-order valence-electron chi connectivity index (χ3n) is 1.86. The maximum Gasteiger partial charge on any atom is 0.307 e. The molecule has 1 aromatic carbocycles. The van der Waals surface area contributed by atoms with E-state index in [0.29, 0.717) is 0 Å². The molecular weight excluding hydrogens is 240 g/mol. The highest BCUT2D eigenvalue weighted by Crippen LogP contribution is 2.07. The Balaban J connectivity index is 0. The Kier molecular flexibility index (Phi) is 13.2. The first-order valence-corrected chi connectivity index (χ1v) is 7.15. The highest BCUT2D eigenvalue weighted by Gasteiger charge is 2.07. The van der Waals surface area contributed by atoms with Gasteiger partial charge in [-0.25, -0.2) is 0 Å². The van der Waals surface area contributed by atoms with Crippen molar-refractivity contribution < 1.29 is 3.97 Å². The molecule has 0 aliphatic heterocycles. The van der Waals surface area contributed by atoms with E-state index < -0.39 is 0 Å². The highest BCUT2D eigenvalue weighted by atomic mass is 32.1. The van der Waals surface area contributed by atoms with E-state index in [1.54, 1.807) is 3.97 Å². The molecule has 2 aromatic rings. The van der Waals surface area contributed by atoms with E-state index in [1.165, 1.54) is 0 Å². The van der Waals surface area contributed by atoms with E-state index in [2.05, 4.69) is 17.8 Å². The molecule has 0 radical (unpaired) electrons. The number of nitrogens with zero attached hydrogens (tertiary/aromatic N) is 2. The van der Waals surface area contributed by atoms with Crippen molar-refractivity contribution in [3.05, 3.63) is 36.3 Å². The summed E-state index contributed by atoms with van der Waals surface area (Å²) in [6, 6.07) is 8.03. The number of hydrogen-bond donors (Lipinski definition) is 1. The monoisotopic (exact) mass is 267 g/mol. The van der Waals surface area contributed by atoms with Crippen LogP contribution in [0, 0.1) is 6.92 Å². The lowest BCUT2D eigenvalue weighted by Gasteiger charge is -1.96. The Bertz CT molecular complexity index is 428. The Labute approximate surface area is 118 Å². The van der Waals surface area contributed by atoms with Crippen molar-refractivity contribution in [2.75, 3.05) is 0 Å². The first-order valence-electron chi connectivity index (χ1n) is 6.75. The molecule has 2 rings (SSSR count). The average molecular weight is 267 g/mol. The van der Waals surface area contributed by atoms with Gasteiger partial charge in [0.1, 0.15) is 0 Å². The number of aryl methyl sites for hydroxylation is 1. The summed E-state index contributed by atoms with van der Waals surface area (Å²) in [5.74, 6) is 0.900. The third-order valence-corrected chi connectivity index (χ3v) is 2.37. The van der Waals surface area contributed by atoms with Gasteiger partial charge >= 0.3 is 5.82 Å². The van der Waals surface area contributed by atoms with E-state index in [4.69, 9.17) is 0 Å². The zero-order valence-corrected chi connectivity index (χ0v) is 13.6. The number of aromatic nitrogens is 2. The van der Waals surface area contributed by atoms with Crippen LogP contribution in [0.4, 0.5) is 0 Å². The molecule has 0 bridgehead atoms. The molecule has 102 valence electrons. The molecule has 0 spiro atoms. The van der Waals surface area contributed by atoms with E-state index in [0.717, 1.165) is 16.7 Å². The van der Waals surface area contributed by atoms with Crippen LogP contribution in [0.1, 0.15) is 47.4 Å². The summed E-state index contributed by atoms with van der Waals surface area (Å²) < 4.78 is 1.79. The van der Waals surface area contributed by atoms with Crippen LogP contribution < -0.4 is 3.97 Å².